The first-order chi connectivity index (χ1) is 12.7. The second-order valence-corrected chi connectivity index (χ2v) is 6.86. The number of fused-ring (bicyclic) bond motifs is 1. The van der Waals surface area contributed by atoms with Gasteiger partial charge in [0.25, 0.3) is 17.4 Å². The van der Waals surface area contributed by atoms with Gasteiger partial charge in [-0.1, -0.05) is 17.7 Å². The van der Waals surface area contributed by atoms with Crippen LogP contribution in [-0.4, -0.2) is 52.3 Å². The summed E-state index contributed by atoms with van der Waals surface area (Å²) < 4.78 is 13.3. The molecule has 1 aromatic carbocycles. The standard InChI is InChI=1S/C18H17ClFN3O4/c1-22(2)18(27)14-10-5-6-23(8-9-3-4-12(20)11(19)7-9)17(26)13(10)15(24)16(25)21-14/h3-4,7,24H,5-6,8H2,1-2H3,(H,21,25). The predicted octanol–water partition coefficient (Wildman–Crippen LogP) is 1.77. The Kier molecular flexibility index (Phi) is 4.93. The number of halogens is 2. The van der Waals surface area contributed by atoms with E-state index in [1.165, 1.54) is 42.1 Å². The zero-order valence-corrected chi connectivity index (χ0v) is 15.4. The summed E-state index contributed by atoms with van der Waals surface area (Å²) in [5.74, 6) is -2.32. The lowest BCUT2D eigenvalue weighted by Gasteiger charge is -2.30. The third-order valence-electron chi connectivity index (χ3n) is 4.40. The number of nitrogens with one attached hydrogen (secondary N) is 1. The first-order valence-electron chi connectivity index (χ1n) is 8.13. The van der Waals surface area contributed by atoms with Crippen molar-refractivity contribution in [1.82, 2.24) is 14.8 Å². The molecule has 2 amide bonds. The van der Waals surface area contributed by atoms with Crippen LogP contribution in [0.4, 0.5) is 4.39 Å². The van der Waals surface area contributed by atoms with Gasteiger partial charge in [-0.3, -0.25) is 14.4 Å². The Balaban J connectivity index is 2.00. The molecule has 9 heteroatoms. The van der Waals surface area contributed by atoms with Gasteiger partial charge in [0.05, 0.1) is 10.6 Å². The molecule has 0 atom stereocenters. The molecular weight excluding hydrogens is 377 g/mol. The molecular formula is C18H17ClFN3O4. The van der Waals surface area contributed by atoms with E-state index in [0.29, 0.717) is 11.1 Å². The number of rotatable bonds is 3. The molecule has 0 aliphatic carbocycles. The average Bonchev–Trinajstić information content (AvgIpc) is 2.62. The second-order valence-electron chi connectivity index (χ2n) is 6.46. The summed E-state index contributed by atoms with van der Waals surface area (Å²) in [7, 11) is 3.05. The van der Waals surface area contributed by atoms with E-state index in [-0.39, 0.29) is 35.8 Å². The van der Waals surface area contributed by atoms with Gasteiger partial charge < -0.3 is 19.9 Å². The highest BCUT2D eigenvalue weighted by atomic mass is 35.5. The Morgan fingerprint density at radius 3 is 2.70 bits per heavy atom. The lowest BCUT2D eigenvalue weighted by Crippen LogP contribution is -2.40. The number of amides is 2. The molecule has 0 bridgehead atoms. The molecule has 0 saturated heterocycles. The van der Waals surface area contributed by atoms with Crippen molar-refractivity contribution >= 4 is 23.4 Å². The van der Waals surface area contributed by atoms with Gasteiger partial charge in [0.2, 0.25) is 0 Å². The van der Waals surface area contributed by atoms with E-state index in [1.807, 2.05) is 0 Å². The summed E-state index contributed by atoms with van der Waals surface area (Å²) in [4.78, 5) is 42.3. The third-order valence-corrected chi connectivity index (χ3v) is 4.69. The largest absolute Gasteiger partial charge is 0.502 e. The molecule has 0 unspecified atom stereocenters. The van der Waals surface area contributed by atoms with E-state index >= 15 is 0 Å². The Hall–Kier alpha value is -2.87. The topological polar surface area (TPSA) is 93.7 Å². The number of carbonyl (C=O) groups excluding carboxylic acids is 2. The van der Waals surface area contributed by atoms with Crippen molar-refractivity contribution in [2.24, 2.45) is 0 Å². The van der Waals surface area contributed by atoms with Crippen molar-refractivity contribution in [1.29, 1.82) is 0 Å². The minimum Gasteiger partial charge on any atom is -0.502 e. The predicted molar refractivity (Wildman–Crippen MR) is 96.6 cm³/mol. The number of hydrogen-bond acceptors (Lipinski definition) is 4. The minimum absolute atomic E-state index is 0.00405. The second kappa shape index (κ2) is 7.03. The van der Waals surface area contributed by atoms with Gasteiger partial charge in [-0.15, -0.1) is 0 Å². The molecule has 2 aromatic rings. The quantitative estimate of drug-likeness (QED) is 0.831. The maximum atomic E-state index is 13.3. The van der Waals surface area contributed by atoms with Gasteiger partial charge in [-0.25, -0.2) is 4.39 Å². The fourth-order valence-corrected chi connectivity index (χ4v) is 3.23. The molecule has 2 heterocycles. The number of nitrogens with zero attached hydrogens (tertiary/aromatic N) is 2. The Bertz CT molecular complexity index is 1000. The molecule has 2 N–H and O–H groups in total. The van der Waals surface area contributed by atoms with Crippen molar-refractivity contribution in [3.8, 4) is 5.75 Å². The maximum Gasteiger partial charge on any atom is 0.291 e. The summed E-state index contributed by atoms with van der Waals surface area (Å²) in [5.41, 5.74) is -0.172. The SMILES string of the molecule is CN(C)C(=O)c1[nH]c(=O)c(O)c2c1CCN(Cc1ccc(F)c(Cl)c1)C2=O. The van der Waals surface area contributed by atoms with Gasteiger partial charge in [0.1, 0.15) is 11.5 Å². The lowest BCUT2D eigenvalue weighted by atomic mass is 9.96. The molecule has 142 valence electrons. The van der Waals surface area contributed by atoms with Crippen LogP contribution in [0, 0.1) is 5.82 Å². The Labute approximate surface area is 159 Å². The number of pyridine rings is 1. The van der Waals surface area contributed by atoms with Crippen LogP contribution in [-0.2, 0) is 13.0 Å². The monoisotopic (exact) mass is 393 g/mol. The van der Waals surface area contributed by atoms with E-state index < -0.39 is 28.9 Å². The maximum absolute atomic E-state index is 13.3. The van der Waals surface area contributed by atoms with Gasteiger partial charge in [-0.05, 0) is 29.7 Å². The molecule has 0 radical (unpaired) electrons. The molecule has 1 aliphatic rings. The fourth-order valence-electron chi connectivity index (χ4n) is 3.03. The highest BCUT2D eigenvalue weighted by Gasteiger charge is 2.33. The number of benzene rings is 1. The summed E-state index contributed by atoms with van der Waals surface area (Å²) in [6.45, 7) is 0.390. The number of H-pyrrole nitrogens is 1. The van der Waals surface area contributed by atoms with E-state index in [1.54, 1.807) is 0 Å². The zero-order valence-electron chi connectivity index (χ0n) is 14.7. The van der Waals surface area contributed by atoms with Crippen molar-refractivity contribution < 1.29 is 19.1 Å². The number of aromatic amines is 1. The van der Waals surface area contributed by atoms with Gasteiger partial charge in [-0.2, -0.15) is 0 Å². The fraction of sp³-hybridized carbons (Fsp3) is 0.278. The van der Waals surface area contributed by atoms with Crippen LogP contribution in [0.5, 0.6) is 5.75 Å². The molecule has 0 spiro atoms. The van der Waals surface area contributed by atoms with Gasteiger partial charge in [0, 0.05) is 27.2 Å². The highest BCUT2D eigenvalue weighted by Crippen LogP contribution is 2.28. The van der Waals surface area contributed by atoms with Crippen LogP contribution in [0.25, 0.3) is 0 Å². The van der Waals surface area contributed by atoms with E-state index in [4.69, 9.17) is 11.6 Å². The van der Waals surface area contributed by atoms with Crippen LogP contribution in [0.1, 0.15) is 32.0 Å². The first kappa shape index (κ1) is 18.9. The number of carbonyl (C=O) groups is 2. The summed E-state index contributed by atoms with van der Waals surface area (Å²) >= 11 is 5.77. The molecule has 27 heavy (non-hydrogen) atoms. The normalized spacial score (nSPS) is 13.5. The van der Waals surface area contributed by atoms with Crippen LogP contribution in [0.2, 0.25) is 5.02 Å². The number of hydrogen-bond donors (Lipinski definition) is 2. The highest BCUT2D eigenvalue weighted by molar-refractivity contribution is 6.30. The van der Waals surface area contributed by atoms with Crippen molar-refractivity contribution in [2.75, 3.05) is 20.6 Å². The van der Waals surface area contributed by atoms with E-state index in [0.717, 1.165) is 0 Å². The zero-order chi connectivity index (χ0) is 19.9. The van der Waals surface area contributed by atoms with Crippen molar-refractivity contribution in [3.05, 3.63) is 61.8 Å². The van der Waals surface area contributed by atoms with Gasteiger partial charge >= 0.3 is 0 Å². The Morgan fingerprint density at radius 1 is 1.37 bits per heavy atom. The molecule has 1 aliphatic heterocycles. The smallest absolute Gasteiger partial charge is 0.291 e. The van der Waals surface area contributed by atoms with Crippen molar-refractivity contribution in [3.63, 3.8) is 0 Å². The summed E-state index contributed by atoms with van der Waals surface area (Å²) in [6.07, 6.45) is 0.273. The van der Waals surface area contributed by atoms with E-state index in [2.05, 4.69) is 4.98 Å². The number of aromatic nitrogens is 1. The van der Waals surface area contributed by atoms with Crippen molar-refractivity contribution in [2.45, 2.75) is 13.0 Å². The van der Waals surface area contributed by atoms with E-state index in [9.17, 15) is 23.9 Å². The third kappa shape index (κ3) is 3.40. The van der Waals surface area contributed by atoms with Crippen LogP contribution < -0.4 is 5.56 Å². The molecule has 0 saturated carbocycles. The summed E-state index contributed by atoms with van der Waals surface area (Å²) in [5, 5.41) is 10.1. The van der Waals surface area contributed by atoms with Crippen LogP contribution >= 0.6 is 11.6 Å². The lowest BCUT2D eigenvalue weighted by molar-refractivity contribution is 0.0721. The average molecular weight is 394 g/mol. The summed E-state index contributed by atoms with van der Waals surface area (Å²) in [6, 6.07) is 4.12. The molecule has 1 aromatic heterocycles. The first-order valence-corrected chi connectivity index (χ1v) is 8.51. The minimum atomic E-state index is -0.904. The van der Waals surface area contributed by atoms with Crippen LogP contribution in [0.3, 0.4) is 0 Å². The molecule has 7 nitrogen and oxygen atoms in total. The number of aromatic hydroxyl groups is 1. The molecule has 3 rings (SSSR count). The molecule has 0 fully saturated rings. The Morgan fingerprint density at radius 2 is 2.07 bits per heavy atom. The van der Waals surface area contributed by atoms with Crippen LogP contribution in [0.15, 0.2) is 23.0 Å². The van der Waals surface area contributed by atoms with Gasteiger partial charge in [0.15, 0.2) is 5.75 Å².